The second-order valence-corrected chi connectivity index (χ2v) is 20.4. The topological polar surface area (TPSA) is 212 Å². The van der Waals surface area contributed by atoms with E-state index in [1.165, 1.54) is 66.9 Å². The highest BCUT2D eigenvalue weighted by Gasteiger charge is 2.30. The molecule has 2 aliphatic heterocycles. The van der Waals surface area contributed by atoms with Gasteiger partial charge < -0.3 is 59.5 Å². The molecule has 0 aliphatic carbocycles. The van der Waals surface area contributed by atoms with Gasteiger partial charge in [-0.3, -0.25) is 28.8 Å². The number of carbonyl (C=O) groups excluding carboxylic acids is 6. The van der Waals surface area contributed by atoms with Gasteiger partial charge in [-0.15, -0.1) is 0 Å². The number of benzene rings is 6. The predicted molar refractivity (Wildman–Crippen MR) is 309 cm³/mol. The molecule has 18 nitrogen and oxygen atoms in total. The minimum absolute atomic E-state index is 0.0689. The van der Waals surface area contributed by atoms with Crippen molar-refractivity contribution in [1.29, 1.82) is 0 Å². The first-order valence-electron chi connectivity index (χ1n) is 27.7. The average Bonchev–Trinajstić information content (AvgIpc) is 3.13. The van der Waals surface area contributed by atoms with E-state index in [2.05, 4.69) is 21.3 Å². The standard InChI is InChI=1S/C64H70F2N6O12/c1-79-53-25-41(26-54(80-2)59(53)83-5)33-69-63(77)51-31-45-37-71(35-43(45)29-49(51)61(75)67-23-21-39-13-17-47(65)18-14-39)57(73)11-9-7-8-10-12-58(74)72-36-44-30-50(62(76)68-24-22-40-15-19-48(66)20-16-40)52(32-46(44)38-72)64(78)70-34-42-27-55(81-3)60(84-6)56(28-42)82-4/h13-20,25-32H,7-12,21-24,33-38H2,1-6H3,(H,67,75)(H,68,76)(H,69,77)(H,70,78). The van der Waals surface area contributed by atoms with Crippen LogP contribution < -0.4 is 49.7 Å². The van der Waals surface area contributed by atoms with Gasteiger partial charge in [-0.05, 0) is 143 Å². The molecule has 0 spiro atoms. The van der Waals surface area contributed by atoms with E-state index in [1.54, 1.807) is 82.6 Å². The third-order valence-corrected chi connectivity index (χ3v) is 14.9. The largest absolute Gasteiger partial charge is 0.493 e. The van der Waals surface area contributed by atoms with Crippen LogP contribution in [-0.2, 0) is 61.7 Å². The van der Waals surface area contributed by atoms with Crippen LogP contribution in [0.25, 0.3) is 0 Å². The normalized spacial score (nSPS) is 12.2. The Labute approximate surface area is 487 Å². The van der Waals surface area contributed by atoms with Crippen LogP contribution in [0, 0.1) is 11.6 Å². The van der Waals surface area contributed by atoms with Crippen LogP contribution in [0.1, 0.15) is 124 Å². The first kappa shape index (κ1) is 60.9. The smallest absolute Gasteiger partial charge is 0.252 e. The Morgan fingerprint density at radius 1 is 0.393 bits per heavy atom. The lowest BCUT2D eigenvalue weighted by Crippen LogP contribution is -2.30. The van der Waals surface area contributed by atoms with Gasteiger partial charge in [0.25, 0.3) is 23.6 Å². The van der Waals surface area contributed by atoms with Crippen LogP contribution in [0.15, 0.2) is 97.1 Å². The van der Waals surface area contributed by atoms with Gasteiger partial charge in [-0.1, -0.05) is 37.1 Å². The number of halogens is 2. The summed E-state index contributed by atoms with van der Waals surface area (Å²) in [6, 6.07) is 25.6. The Morgan fingerprint density at radius 2 is 0.690 bits per heavy atom. The van der Waals surface area contributed by atoms with Crippen LogP contribution >= 0.6 is 0 Å². The Morgan fingerprint density at radius 3 is 0.976 bits per heavy atom. The maximum absolute atomic E-state index is 14.0. The number of methoxy groups -OCH3 is 6. The number of amides is 6. The summed E-state index contributed by atoms with van der Waals surface area (Å²) in [5.41, 5.74) is 6.55. The van der Waals surface area contributed by atoms with Crippen molar-refractivity contribution in [3.8, 4) is 34.5 Å². The molecule has 6 amide bonds. The molecule has 8 rings (SSSR count). The van der Waals surface area contributed by atoms with Crippen molar-refractivity contribution in [2.45, 2.75) is 90.6 Å². The highest BCUT2D eigenvalue weighted by molar-refractivity contribution is 6.08. The molecule has 0 saturated heterocycles. The molecule has 442 valence electrons. The summed E-state index contributed by atoms with van der Waals surface area (Å²) in [6.45, 7) is 1.63. The van der Waals surface area contributed by atoms with Gasteiger partial charge in [0.15, 0.2) is 23.0 Å². The number of unbranched alkanes of at least 4 members (excludes halogenated alkanes) is 3. The molecule has 0 unspecified atom stereocenters. The molecular formula is C64H70F2N6O12. The fraction of sp³-hybridized carbons (Fsp3) is 0.344. The lowest BCUT2D eigenvalue weighted by Gasteiger charge is -2.16. The third-order valence-electron chi connectivity index (χ3n) is 14.9. The highest BCUT2D eigenvalue weighted by atomic mass is 19.1. The first-order valence-corrected chi connectivity index (χ1v) is 27.7. The fourth-order valence-electron chi connectivity index (χ4n) is 10.4. The summed E-state index contributed by atoms with van der Waals surface area (Å²) in [5.74, 6) is -0.374. The molecule has 0 saturated carbocycles. The molecule has 6 aromatic carbocycles. The Kier molecular flexibility index (Phi) is 20.8. The van der Waals surface area contributed by atoms with E-state index < -0.39 is 23.6 Å². The molecule has 0 bridgehead atoms. The van der Waals surface area contributed by atoms with Crippen molar-refractivity contribution in [3.63, 3.8) is 0 Å². The lowest BCUT2D eigenvalue weighted by molar-refractivity contribution is -0.132. The predicted octanol–water partition coefficient (Wildman–Crippen LogP) is 8.55. The molecule has 2 heterocycles. The fourth-order valence-corrected chi connectivity index (χ4v) is 10.4. The monoisotopic (exact) mass is 1150 g/mol. The van der Waals surface area contributed by atoms with Crippen molar-refractivity contribution in [1.82, 2.24) is 31.1 Å². The molecule has 0 fully saturated rings. The van der Waals surface area contributed by atoms with E-state index in [-0.39, 0.29) is 111 Å². The second-order valence-electron chi connectivity index (χ2n) is 20.4. The van der Waals surface area contributed by atoms with Crippen molar-refractivity contribution in [3.05, 3.63) is 175 Å². The summed E-state index contributed by atoms with van der Waals surface area (Å²) in [4.78, 5) is 86.4. The van der Waals surface area contributed by atoms with Crippen LogP contribution in [0.3, 0.4) is 0 Å². The van der Waals surface area contributed by atoms with Gasteiger partial charge in [0.2, 0.25) is 23.3 Å². The Balaban J connectivity index is 0.852. The minimum Gasteiger partial charge on any atom is -0.493 e. The number of carbonyl (C=O) groups is 6. The number of rotatable bonds is 27. The number of hydrogen-bond acceptors (Lipinski definition) is 12. The number of ether oxygens (including phenoxy) is 6. The van der Waals surface area contributed by atoms with E-state index in [0.717, 1.165) is 33.4 Å². The van der Waals surface area contributed by atoms with E-state index >= 15 is 0 Å². The van der Waals surface area contributed by atoms with Gasteiger partial charge in [0.1, 0.15) is 11.6 Å². The molecule has 4 N–H and O–H groups in total. The Hall–Kier alpha value is -9.20. The summed E-state index contributed by atoms with van der Waals surface area (Å²) >= 11 is 0. The van der Waals surface area contributed by atoms with Gasteiger partial charge in [-0.25, -0.2) is 8.78 Å². The highest BCUT2D eigenvalue weighted by Crippen LogP contribution is 2.40. The van der Waals surface area contributed by atoms with Crippen LogP contribution in [-0.4, -0.2) is 101 Å². The molecule has 0 radical (unpaired) electrons. The zero-order valence-corrected chi connectivity index (χ0v) is 48.1. The minimum atomic E-state index is -0.501. The van der Waals surface area contributed by atoms with E-state index in [0.29, 0.717) is 84.1 Å². The molecule has 2 aliphatic rings. The average molecular weight is 1150 g/mol. The van der Waals surface area contributed by atoms with Crippen LogP contribution in [0.5, 0.6) is 34.5 Å². The summed E-state index contributed by atoms with van der Waals surface area (Å²) < 4.78 is 59.9. The second kappa shape index (κ2) is 28.7. The SMILES string of the molecule is COc1cc(CNC(=O)c2cc3c(cc2C(=O)NCCc2ccc(F)cc2)CN(C(=O)CCCCCCC(=O)N2Cc4cc(C(=O)NCCc5ccc(F)cc5)c(C(=O)NCc5cc(OC)c(OC)c(OC)c5)cc4C2)C3)cc(OC)c1OC. The maximum Gasteiger partial charge on any atom is 0.252 e. The summed E-state index contributed by atoms with van der Waals surface area (Å²) in [7, 11) is 8.97. The van der Waals surface area contributed by atoms with E-state index in [1.807, 2.05) is 0 Å². The molecular weight excluding hydrogens is 1080 g/mol. The van der Waals surface area contributed by atoms with Gasteiger partial charge in [0.05, 0.1) is 64.9 Å². The lowest BCUT2D eigenvalue weighted by atomic mass is 9.98. The number of nitrogens with one attached hydrogen (secondary N) is 4. The van der Waals surface area contributed by atoms with Crippen molar-refractivity contribution >= 4 is 35.4 Å². The Bertz CT molecular complexity index is 3120. The first-order chi connectivity index (χ1) is 40.6. The molecule has 20 heteroatoms. The molecule has 0 aromatic heterocycles. The maximum atomic E-state index is 14.0. The molecule has 84 heavy (non-hydrogen) atoms. The molecule has 0 atom stereocenters. The van der Waals surface area contributed by atoms with Crippen molar-refractivity contribution in [2.24, 2.45) is 0 Å². The van der Waals surface area contributed by atoms with E-state index in [4.69, 9.17) is 28.4 Å². The van der Waals surface area contributed by atoms with Crippen molar-refractivity contribution in [2.75, 3.05) is 55.7 Å². The zero-order valence-electron chi connectivity index (χ0n) is 48.1. The third kappa shape index (κ3) is 15.1. The van der Waals surface area contributed by atoms with Gasteiger partial charge >= 0.3 is 0 Å². The quantitative estimate of drug-likeness (QED) is 0.0358. The van der Waals surface area contributed by atoms with Gasteiger partial charge in [-0.2, -0.15) is 0 Å². The number of fused-ring (bicyclic) bond motifs is 2. The van der Waals surface area contributed by atoms with Gasteiger partial charge in [0, 0.05) is 65.2 Å². The molecule has 6 aromatic rings. The zero-order chi connectivity index (χ0) is 59.9. The number of hydrogen-bond donors (Lipinski definition) is 4. The van der Waals surface area contributed by atoms with Crippen LogP contribution in [0.4, 0.5) is 8.78 Å². The van der Waals surface area contributed by atoms with Crippen LogP contribution in [0.2, 0.25) is 0 Å². The number of nitrogens with zero attached hydrogens (tertiary/aromatic N) is 2. The van der Waals surface area contributed by atoms with Crippen molar-refractivity contribution < 1.29 is 66.0 Å². The summed E-state index contributed by atoms with van der Waals surface area (Å²) in [5, 5.41) is 11.6. The van der Waals surface area contributed by atoms with E-state index in [9.17, 15) is 37.5 Å². The summed E-state index contributed by atoms with van der Waals surface area (Å²) in [6.07, 6.45) is 3.98.